The lowest BCUT2D eigenvalue weighted by atomic mass is 10.0. The Bertz CT molecular complexity index is 514. The summed E-state index contributed by atoms with van der Waals surface area (Å²) in [6.07, 6.45) is 1.80. The van der Waals surface area contributed by atoms with Crippen LogP contribution in [0.25, 0.3) is 11.1 Å². The molecule has 19 heavy (non-hydrogen) atoms. The van der Waals surface area contributed by atoms with Crippen LogP contribution in [0.15, 0.2) is 42.6 Å². The molecule has 1 heterocycles. The molecule has 0 fully saturated rings. The Labute approximate surface area is 113 Å². The van der Waals surface area contributed by atoms with Crippen LogP contribution >= 0.6 is 0 Å². The molecule has 2 aromatic rings. The first kappa shape index (κ1) is 13.5. The van der Waals surface area contributed by atoms with Crippen molar-refractivity contribution in [2.45, 2.75) is 6.54 Å². The van der Waals surface area contributed by atoms with Crippen LogP contribution in [0, 0.1) is 0 Å². The average molecular weight is 257 g/mol. The van der Waals surface area contributed by atoms with Crippen LogP contribution in [-0.2, 0) is 11.3 Å². The number of rotatable bonds is 6. The maximum absolute atomic E-state index is 5.88. The van der Waals surface area contributed by atoms with Gasteiger partial charge in [0.25, 0.3) is 0 Å². The number of nitrogens with zero attached hydrogens (tertiary/aromatic N) is 1. The molecule has 4 heteroatoms. The number of benzene rings is 1. The lowest BCUT2D eigenvalue weighted by Crippen LogP contribution is -2.13. The number of aromatic nitrogens is 1. The topological polar surface area (TPSA) is 60.2 Å². The van der Waals surface area contributed by atoms with Gasteiger partial charge in [0.05, 0.1) is 6.61 Å². The molecule has 0 unspecified atom stereocenters. The molecule has 0 radical (unpaired) electrons. The highest BCUT2D eigenvalue weighted by atomic mass is 16.5. The molecular weight excluding hydrogens is 238 g/mol. The van der Waals surface area contributed by atoms with E-state index in [1.54, 1.807) is 13.3 Å². The zero-order valence-corrected chi connectivity index (χ0v) is 11.1. The van der Waals surface area contributed by atoms with Gasteiger partial charge < -0.3 is 15.8 Å². The fourth-order valence-electron chi connectivity index (χ4n) is 2.01. The smallest absolute Gasteiger partial charge is 0.131 e. The number of nitrogens with one attached hydrogen (secondary N) is 1. The average Bonchev–Trinajstić information content (AvgIpc) is 2.48. The summed E-state index contributed by atoms with van der Waals surface area (Å²) in [6, 6.07) is 12.2. The van der Waals surface area contributed by atoms with Crippen molar-refractivity contribution >= 4 is 5.82 Å². The lowest BCUT2D eigenvalue weighted by molar-refractivity contribution is 0.210. The summed E-state index contributed by atoms with van der Waals surface area (Å²) in [5, 5.41) is 3.26. The van der Waals surface area contributed by atoms with E-state index in [-0.39, 0.29) is 0 Å². The van der Waals surface area contributed by atoms with Crippen LogP contribution in [-0.4, -0.2) is 25.2 Å². The lowest BCUT2D eigenvalue weighted by Gasteiger charge is -2.14. The summed E-state index contributed by atoms with van der Waals surface area (Å²) in [7, 11) is 1.68. The second-order valence-electron chi connectivity index (χ2n) is 4.18. The molecule has 0 atom stereocenters. The highest BCUT2D eigenvalue weighted by Gasteiger charge is 2.09. The van der Waals surface area contributed by atoms with Crippen molar-refractivity contribution in [2.75, 3.05) is 25.6 Å². The van der Waals surface area contributed by atoms with Gasteiger partial charge in [-0.05, 0) is 17.2 Å². The van der Waals surface area contributed by atoms with Gasteiger partial charge in [0.1, 0.15) is 5.82 Å². The minimum atomic E-state index is 0.452. The van der Waals surface area contributed by atoms with Gasteiger partial charge in [-0.15, -0.1) is 0 Å². The van der Waals surface area contributed by atoms with Crippen molar-refractivity contribution in [1.29, 1.82) is 0 Å². The van der Waals surface area contributed by atoms with Crippen LogP contribution in [0.2, 0.25) is 0 Å². The van der Waals surface area contributed by atoms with Crippen LogP contribution in [0.5, 0.6) is 0 Å². The first-order valence-corrected chi connectivity index (χ1v) is 6.33. The minimum Gasteiger partial charge on any atom is -0.383 e. The SMILES string of the molecule is COCCNc1nccc(-c2ccccc2)c1CN. The van der Waals surface area contributed by atoms with E-state index >= 15 is 0 Å². The number of methoxy groups -OCH3 is 1. The molecule has 3 N–H and O–H groups in total. The molecular formula is C15H19N3O. The summed E-state index contributed by atoms with van der Waals surface area (Å²) in [5.41, 5.74) is 9.19. The van der Waals surface area contributed by atoms with Gasteiger partial charge in [-0.25, -0.2) is 4.98 Å². The highest BCUT2D eigenvalue weighted by Crippen LogP contribution is 2.27. The summed E-state index contributed by atoms with van der Waals surface area (Å²) < 4.78 is 5.03. The van der Waals surface area contributed by atoms with Crippen molar-refractivity contribution in [3.63, 3.8) is 0 Å². The second kappa shape index (κ2) is 6.87. The van der Waals surface area contributed by atoms with Crippen molar-refractivity contribution in [1.82, 2.24) is 4.98 Å². The molecule has 0 spiro atoms. The van der Waals surface area contributed by atoms with E-state index in [0.717, 1.165) is 29.1 Å². The van der Waals surface area contributed by atoms with Crippen LogP contribution in [0.3, 0.4) is 0 Å². The Morgan fingerprint density at radius 3 is 2.68 bits per heavy atom. The summed E-state index contributed by atoms with van der Waals surface area (Å²) in [5.74, 6) is 0.834. The van der Waals surface area contributed by atoms with E-state index in [1.165, 1.54) is 0 Å². The minimum absolute atomic E-state index is 0.452. The van der Waals surface area contributed by atoms with Gasteiger partial charge in [-0.3, -0.25) is 0 Å². The molecule has 0 saturated heterocycles. The fourth-order valence-corrected chi connectivity index (χ4v) is 2.01. The van der Waals surface area contributed by atoms with Gasteiger partial charge in [-0.1, -0.05) is 30.3 Å². The Balaban J connectivity index is 2.31. The van der Waals surface area contributed by atoms with Crippen LogP contribution < -0.4 is 11.1 Å². The molecule has 1 aromatic carbocycles. The third-order valence-electron chi connectivity index (χ3n) is 2.94. The van der Waals surface area contributed by atoms with E-state index in [1.807, 2.05) is 24.3 Å². The second-order valence-corrected chi connectivity index (χ2v) is 4.18. The third kappa shape index (κ3) is 3.30. The molecule has 2 rings (SSSR count). The molecule has 0 bridgehead atoms. The first-order valence-electron chi connectivity index (χ1n) is 6.33. The van der Waals surface area contributed by atoms with Crippen molar-refractivity contribution in [3.05, 3.63) is 48.2 Å². The zero-order chi connectivity index (χ0) is 13.5. The molecule has 4 nitrogen and oxygen atoms in total. The van der Waals surface area contributed by atoms with Gasteiger partial charge >= 0.3 is 0 Å². The summed E-state index contributed by atoms with van der Waals surface area (Å²) >= 11 is 0. The van der Waals surface area contributed by atoms with Crippen molar-refractivity contribution in [2.24, 2.45) is 5.73 Å². The van der Waals surface area contributed by atoms with E-state index < -0.39 is 0 Å². The molecule has 0 amide bonds. The Hall–Kier alpha value is -1.91. The van der Waals surface area contributed by atoms with Crippen molar-refractivity contribution < 1.29 is 4.74 Å². The number of pyridine rings is 1. The van der Waals surface area contributed by atoms with E-state index in [2.05, 4.69) is 22.4 Å². The van der Waals surface area contributed by atoms with Crippen LogP contribution in [0.1, 0.15) is 5.56 Å². The normalized spacial score (nSPS) is 10.4. The number of hydrogen-bond acceptors (Lipinski definition) is 4. The Morgan fingerprint density at radius 1 is 1.21 bits per heavy atom. The molecule has 0 aliphatic heterocycles. The molecule has 1 aromatic heterocycles. The Kier molecular flexibility index (Phi) is 4.89. The molecule has 0 saturated carbocycles. The van der Waals surface area contributed by atoms with Gasteiger partial charge in [0, 0.05) is 32.0 Å². The maximum atomic E-state index is 5.88. The number of anilines is 1. The fraction of sp³-hybridized carbons (Fsp3) is 0.267. The van der Waals surface area contributed by atoms with E-state index in [0.29, 0.717) is 13.2 Å². The molecule has 0 aliphatic carbocycles. The van der Waals surface area contributed by atoms with Gasteiger partial charge in [0.15, 0.2) is 0 Å². The standard InChI is InChI=1S/C15H19N3O/c1-19-10-9-18-15-14(11-16)13(7-8-17-15)12-5-3-2-4-6-12/h2-8H,9-11,16H2,1H3,(H,17,18). The van der Waals surface area contributed by atoms with Gasteiger partial charge in [-0.2, -0.15) is 0 Å². The number of nitrogens with two attached hydrogens (primary N) is 1. The largest absolute Gasteiger partial charge is 0.383 e. The highest BCUT2D eigenvalue weighted by molar-refractivity contribution is 5.71. The zero-order valence-electron chi connectivity index (χ0n) is 11.1. The maximum Gasteiger partial charge on any atom is 0.131 e. The van der Waals surface area contributed by atoms with E-state index in [9.17, 15) is 0 Å². The summed E-state index contributed by atoms with van der Waals surface area (Å²) in [4.78, 5) is 4.36. The third-order valence-corrected chi connectivity index (χ3v) is 2.94. The first-order chi connectivity index (χ1) is 9.36. The van der Waals surface area contributed by atoms with Gasteiger partial charge in [0.2, 0.25) is 0 Å². The number of ether oxygens (including phenoxy) is 1. The molecule has 100 valence electrons. The summed E-state index contributed by atoms with van der Waals surface area (Å²) in [6.45, 7) is 1.81. The molecule has 0 aliphatic rings. The van der Waals surface area contributed by atoms with Crippen molar-refractivity contribution in [3.8, 4) is 11.1 Å². The predicted molar refractivity (Wildman–Crippen MR) is 77.9 cm³/mol. The van der Waals surface area contributed by atoms with E-state index in [4.69, 9.17) is 10.5 Å². The number of hydrogen-bond donors (Lipinski definition) is 2. The van der Waals surface area contributed by atoms with Crippen LogP contribution in [0.4, 0.5) is 5.82 Å². The predicted octanol–water partition coefficient (Wildman–Crippen LogP) is 2.27. The quantitative estimate of drug-likeness (QED) is 0.779. The Morgan fingerprint density at radius 2 is 2.00 bits per heavy atom. The monoisotopic (exact) mass is 257 g/mol.